The van der Waals surface area contributed by atoms with Crippen molar-refractivity contribution in [1.29, 1.82) is 0 Å². The topological polar surface area (TPSA) is 99.8 Å². The molecule has 2 aromatic heterocycles. The van der Waals surface area contributed by atoms with E-state index in [1.165, 1.54) is 6.92 Å². The number of hydrogen-bond donors (Lipinski definition) is 3. The smallest absolute Gasteiger partial charge is 0.255 e. The van der Waals surface area contributed by atoms with E-state index in [4.69, 9.17) is 0 Å². The van der Waals surface area contributed by atoms with E-state index < -0.39 is 0 Å². The number of nitrogens with zero attached hydrogens (tertiary/aromatic N) is 2. The number of H-pyrrole nitrogens is 1. The molecule has 24 heavy (non-hydrogen) atoms. The van der Waals surface area contributed by atoms with Crippen LogP contribution in [0.2, 0.25) is 0 Å². The summed E-state index contributed by atoms with van der Waals surface area (Å²) < 4.78 is 0. The third kappa shape index (κ3) is 3.40. The number of aromatic nitrogens is 3. The Bertz CT molecular complexity index is 899. The number of carbonyl (C=O) groups is 2. The number of benzene rings is 1. The van der Waals surface area contributed by atoms with Gasteiger partial charge in [-0.25, -0.2) is 4.98 Å². The lowest BCUT2D eigenvalue weighted by atomic mass is 10.1. The molecule has 3 rings (SSSR count). The van der Waals surface area contributed by atoms with Crippen molar-refractivity contribution >= 4 is 28.5 Å². The summed E-state index contributed by atoms with van der Waals surface area (Å²) in [5.41, 5.74) is 3.59. The molecule has 122 valence electrons. The number of hydrogen-bond acceptors (Lipinski definition) is 4. The number of aromatic amines is 1. The Balaban J connectivity index is 1.71. The Morgan fingerprint density at radius 1 is 1.21 bits per heavy atom. The zero-order valence-electron chi connectivity index (χ0n) is 13.4. The van der Waals surface area contributed by atoms with Crippen LogP contribution in [0.1, 0.15) is 28.5 Å². The van der Waals surface area contributed by atoms with Gasteiger partial charge in [0, 0.05) is 30.1 Å². The number of amides is 2. The molecule has 0 saturated heterocycles. The molecule has 7 heteroatoms. The molecule has 0 fully saturated rings. The highest BCUT2D eigenvalue weighted by atomic mass is 16.2. The first-order valence-corrected chi connectivity index (χ1v) is 7.48. The van der Waals surface area contributed by atoms with Gasteiger partial charge in [0.15, 0.2) is 5.65 Å². The van der Waals surface area contributed by atoms with Crippen molar-refractivity contribution in [1.82, 2.24) is 20.5 Å². The van der Waals surface area contributed by atoms with Gasteiger partial charge in [-0.15, -0.1) is 0 Å². The van der Waals surface area contributed by atoms with Crippen molar-refractivity contribution < 1.29 is 9.59 Å². The van der Waals surface area contributed by atoms with Gasteiger partial charge in [0.05, 0.1) is 11.9 Å². The first-order valence-electron chi connectivity index (χ1n) is 7.48. The molecule has 7 nitrogen and oxygen atoms in total. The van der Waals surface area contributed by atoms with Gasteiger partial charge in [-0.1, -0.05) is 12.1 Å². The Hall–Kier alpha value is -3.22. The molecule has 0 saturated carbocycles. The summed E-state index contributed by atoms with van der Waals surface area (Å²) in [4.78, 5) is 27.4. The van der Waals surface area contributed by atoms with Crippen LogP contribution in [0.3, 0.4) is 0 Å². The number of pyridine rings is 1. The number of carbonyl (C=O) groups excluding carboxylic acids is 2. The van der Waals surface area contributed by atoms with Gasteiger partial charge in [-0.2, -0.15) is 5.10 Å². The SMILES string of the molecule is CC(=O)NCc1ccc(C(=O)Nc2cnc3n[nH]c(C)c3c2)cc1. The van der Waals surface area contributed by atoms with Crippen LogP contribution in [0.5, 0.6) is 0 Å². The molecule has 0 aliphatic rings. The van der Waals surface area contributed by atoms with Crippen LogP contribution in [0.15, 0.2) is 36.5 Å². The summed E-state index contributed by atoms with van der Waals surface area (Å²) in [5.74, 6) is -0.308. The lowest BCUT2D eigenvalue weighted by molar-refractivity contribution is -0.119. The lowest BCUT2D eigenvalue weighted by Gasteiger charge is -2.07. The van der Waals surface area contributed by atoms with Gasteiger partial charge in [-0.3, -0.25) is 14.7 Å². The number of rotatable bonds is 4. The monoisotopic (exact) mass is 323 g/mol. The zero-order valence-corrected chi connectivity index (χ0v) is 13.4. The molecular weight excluding hydrogens is 306 g/mol. The Morgan fingerprint density at radius 3 is 2.67 bits per heavy atom. The van der Waals surface area contributed by atoms with Crippen LogP contribution >= 0.6 is 0 Å². The van der Waals surface area contributed by atoms with Crippen LogP contribution in [-0.2, 0) is 11.3 Å². The van der Waals surface area contributed by atoms with E-state index in [0.29, 0.717) is 23.4 Å². The fourth-order valence-corrected chi connectivity index (χ4v) is 2.29. The maximum atomic E-state index is 12.3. The van der Waals surface area contributed by atoms with E-state index in [-0.39, 0.29) is 11.8 Å². The Kier molecular flexibility index (Phi) is 4.24. The fourth-order valence-electron chi connectivity index (χ4n) is 2.29. The third-order valence-electron chi connectivity index (χ3n) is 3.62. The van der Waals surface area contributed by atoms with Crippen LogP contribution < -0.4 is 10.6 Å². The van der Waals surface area contributed by atoms with Gasteiger partial charge in [0.2, 0.25) is 5.91 Å². The predicted molar refractivity (Wildman–Crippen MR) is 90.5 cm³/mol. The highest BCUT2D eigenvalue weighted by Crippen LogP contribution is 2.18. The minimum Gasteiger partial charge on any atom is -0.352 e. The Labute approximate surface area is 138 Å². The maximum absolute atomic E-state index is 12.3. The average molecular weight is 323 g/mol. The molecule has 0 atom stereocenters. The minimum absolute atomic E-state index is 0.0887. The molecule has 1 aromatic carbocycles. The number of nitrogens with one attached hydrogen (secondary N) is 3. The van der Waals surface area contributed by atoms with E-state index in [9.17, 15) is 9.59 Å². The van der Waals surface area contributed by atoms with Crippen LogP contribution in [0.4, 0.5) is 5.69 Å². The maximum Gasteiger partial charge on any atom is 0.255 e. The van der Waals surface area contributed by atoms with Crippen molar-refractivity contribution in [3.8, 4) is 0 Å². The van der Waals surface area contributed by atoms with Gasteiger partial charge in [0.25, 0.3) is 5.91 Å². The van der Waals surface area contributed by atoms with Crippen molar-refractivity contribution in [3.63, 3.8) is 0 Å². The highest BCUT2D eigenvalue weighted by molar-refractivity contribution is 6.04. The molecule has 0 unspecified atom stereocenters. The van der Waals surface area contributed by atoms with Gasteiger partial charge in [-0.05, 0) is 30.7 Å². The summed E-state index contributed by atoms with van der Waals surface area (Å²) in [6, 6.07) is 8.91. The molecule has 3 aromatic rings. The van der Waals surface area contributed by atoms with Crippen LogP contribution in [-0.4, -0.2) is 27.0 Å². The minimum atomic E-state index is -0.219. The Morgan fingerprint density at radius 2 is 1.96 bits per heavy atom. The molecule has 2 amide bonds. The average Bonchev–Trinajstić information content (AvgIpc) is 2.94. The van der Waals surface area contributed by atoms with E-state index in [1.807, 2.05) is 25.1 Å². The van der Waals surface area contributed by atoms with Crippen molar-refractivity contribution in [2.24, 2.45) is 0 Å². The first-order chi connectivity index (χ1) is 11.5. The molecule has 0 aliphatic heterocycles. The third-order valence-corrected chi connectivity index (χ3v) is 3.62. The quantitative estimate of drug-likeness (QED) is 0.685. The lowest BCUT2D eigenvalue weighted by Crippen LogP contribution is -2.19. The largest absolute Gasteiger partial charge is 0.352 e. The molecule has 0 aliphatic carbocycles. The van der Waals surface area contributed by atoms with Crippen molar-refractivity contribution in [2.45, 2.75) is 20.4 Å². The summed E-state index contributed by atoms with van der Waals surface area (Å²) in [6.45, 7) is 3.81. The van der Waals surface area contributed by atoms with E-state index in [1.54, 1.807) is 18.3 Å². The molecule has 3 N–H and O–H groups in total. The van der Waals surface area contributed by atoms with Gasteiger partial charge in [0.1, 0.15) is 0 Å². The highest BCUT2D eigenvalue weighted by Gasteiger charge is 2.09. The zero-order chi connectivity index (χ0) is 17.1. The summed E-state index contributed by atoms with van der Waals surface area (Å²) in [7, 11) is 0. The number of aryl methyl sites for hydroxylation is 1. The van der Waals surface area contributed by atoms with Crippen LogP contribution in [0, 0.1) is 6.92 Å². The molecule has 0 spiro atoms. The van der Waals surface area contributed by atoms with E-state index in [2.05, 4.69) is 25.8 Å². The second kappa shape index (κ2) is 6.49. The second-order valence-corrected chi connectivity index (χ2v) is 5.50. The fraction of sp³-hybridized carbons (Fsp3) is 0.176. The first kappa shape index (κ1) is 15.7. The molecule has 0 bridgehead atoms. The standard InChI is InChI=1S/C17H17N5O2/c1-10-15-7-14(9-19-16(15)22-21-10)20-17(24)13-5-3-12(4-6-13)8-18-11(2)23/h3-7,9H,8H2,1-2H3,(H,18,23)(H,20,24)(H,19,21,22). The predicted octanol–water partition coefficient (Wildman–Crippen LogP) is 2.15. The molecule has 2 heterocycles. The summed E-state index contributed by atoms with van der Waals surface area (Å²) >= 11 is 0. The normalized spacial score (nSPS) is 10.6. The van der Waals surface area contributed by atoms with E-state index >= 15 is 0 Å². The van der Waals surface area contributed by atoms with Crippen LogP contribution in [0.25, 0.3) is 11.0 Å². The van der Waals surface area contributed by atoms with E-state index in [0.717, 1.165) is 16.6 Å². The van der Waals surface area contributed by atoms with Gasteiger partial charge < -0.3 is 10.6 Å². The number of fused-ring (bicyclic) bond motifs is 1. The molecule has 0 radical (unpaired) electrons. The number of anilines is 1. The van der Waals surface area contributed by atoms with Gasteiger partial charge >= 0.3 is 0 Å². The summed E-state index contributed by atoms with van der Waals surface area (Å²) in [6.07, 6.45) is 1.58. The van der Waals surface area contributed by atoms with Crippen molar-refractivity contribution in [3.05, 3.63) is 53.3 Å². The molecular formula is C17H17N5O2. The second-order valence-electron chi connectivity index (χ2n) is 5.50. The van der Waals surface area contributed by atoms with Crippen molar-refractivity contribution in [2.75, 3.05) is 5.32 Å². The summed E-state index contributed by atoms with van der Waals surface area (Å²) in [5, 5.41) is 13.3.